The molecule has 1 aliphatic carbocycles. The first-order valence-electron chi connectivity index (χ1n) is 6.80. The molecule has 0 aromatic carbocycles. The summed E-state index contributed by atoms with van der Waals surface area (Å²) in [4.78, 5) is 30.4. The Bertz CT molecular complexity index is 732. The maximum Gasteiger partial charge on any atom is 0.262 e. The monoisotopic (exact) mass is 291 g/mol. The number of carbonyl (C=O) groups excluding carboxylic acids is 1. The van der Waals surface area contributed by atoms with Gasteiger partial charge in [-0.25, -0.2) is 4.98 Å². The number of carbonyl (C=O) groups is 1. The molecule has 2 aromatic rings. The molecule has 20 heavy (non-hydrogen) atoms. The minimum Gasteiger partial charge on any atom is -0.358 e. The fraction of sp³-hybridized carbons (Fsp3) is 0.500. The molecule has 0 bridgehead atoms. The van der Waals surface area contributed by atoms with E-state index in [1.165, 1.54) is 15.8 Å². The van der Waals surface area contributed by atoms with Crippen LogP contribution in [0.3, 0.4) is 0 Å². The van der Waals surface area contributed by atoms with E-state index >= 15 is 0 Å². The van der Waals surface area contributed by atoms with Gasteiger partial charge >= 0.3 is 0 Å². The molecule has 1 aliphatic rings. The predicted molar refractivity (Wildman–Crippen MR) is 79.1 cm³/mol. The van der Waals surface area contributed by atoms with Crippen molar-refractivity contribution in [1.82, 2.24) is 14.9 Å². The van der Waals surface area contributed by atoms with E-state index in [2.05, 4.69) is 17.2 Å². The van der Waals surface area contributed by atoms with Crippen LogP contribution in [-0.4, -0.2) is 22.5 Å². The Hall–Kier alpha value is -1.69. The lowest BCUT2D eigenvalue weighted by molar-refractivity contribution is -0.121. The third-order valence-electron chi connectivity index (χ3n) is 3.87. The van der Waals surface area contributed by atoms with Crippen LogP contribution in [-0.2, 0) is 24.2 Å². The van der Waals surface area contributed by atoms with E-state index in [0.29, 0.717) is 5.92 Å². The van der Waals surface area contributed by atoms with Gasteiger partial charge in [0.2, 0.25) is 5.91 Å². The zero-order valence-corrected chi connectivity index (χ0v) is 12.4. The van der Waals surface area contributed by atoms with E-state index in [4.69, 9.17) is 0 Å². The second-order valence-corrected chi connectivity index (χ2v) is 6.47. The highest BCUT2D eigenvalue weighted by Gasteiger charge is 2.23. The number of aryl methyl sites for hydroxylation is 1. The quantitative estimate of drug-likeness (QED) is 0.908. The molecule has 106 valence electrons. The number of nitrogens with one attached hydrogen (secondary N) is 1. The summed E-state index contributed by atoms with van der Waals surface area (Å²) in [5.74, 6) is 0.481. The number of thiophene rings is 1. The molecule has 1 atom stereocenters. The summed E-state index contributed by atoms with van der Waals surface area (Å²) in [7, 11) is 1.56. The van der Waals surface area contributed by atoms with E-state index < -0.39 is 0 Å². The molecule has 3 rings (SSSR count). The fourth-order valence-electron chi connectivity index (χ4n) is 2.71. The van der Waals surface area contributed by atoms with Gasteiger partial charge in [-0.05, 0) is 30.7 Å². The number of hydrogen-bond acceptors (Lipinski definition) is 4. The third-order valence-corrected chi connectivity index (χ3v) is 5.04. The van der Waals surface area contributed by atoms with Gasteiger partial charge in [0.15, 0.2) is 0 Å². The molecular weight excluding hydrogens is 274 g/mol. The SMILES string of the molecule is CNC(=O)Cn1cnc2sc3c(c2c1=O)CCC(C)C3. The van der Waals surface area contributed by atoms with Crippen LogP contribution < -0.4 is 10.9 Å². The van der Waals surface area contributed by atoms with Crippen molar-refractivity contribution >= 4 is 27.5 Å². The number of amides is 1. The van der Waals surface area contributed by atoms with Crippen molar-refractivity contribution in [2.75, 3.05) is 7.05 Å². The summed E-state index contributed by atoms with van der Waals surface area (Å²) in [6, 6.07) is 0. The zero-order chi connectivity index (χ0) is 14.3. The maximum atomic E-state index is 12.5. The van der Waals surface area contributed by atoms with E-state index in [1.807, 2.05) is 0 Å². The zero-order valence-electron chi connectivity index (χ0n) is 11.6. The molecule has 0 saturated carbocycles. The topological polar surface area (TPSA) is 64.0 Å². The Labute approximate surface area is 120 Å². The van der Waals surface area contributed by atoms with Gasteiger partial charge in [-0.2, -0.15) is 0 Å². The van der Waals surface area contributed by atoms with Crippen LogP contribution in [0.15, 0.2) is 11.1 Å². The van der Waals surface area contributed by atoms with Crippen LogP contribution in [0.4, 0.5) is 0 Å². The predicted octanol–water partition coefficient (Wildman–Crippen LogP) is 1.33. The highest BCUT2D eigenvalue weighted by molar-refractivity contribution is 7.18. The molecule has 0 spiro atoms. The molecule has 0 fully saturated rings. The molecule has 1 N–H and O–H groups in total. The summed E-state index contributed by atoms with van der Waals surface area (Å²) >= 11 is 1.63. The summed E-state index contributed by atoms with van der Waals surface area (Å²) in [5, 5.41) is 3.25. The average molecular weight is 291 g/mol. The minimum absolute atomic E-state index is 0.0271. The molecule has 2 heterocycles. The van der Waals surface area contributed by atoms with E-state index in [1.54, 1.807) is 18.4 Å². The third kappa shape index (κ3) is 2.14. The number of nitrogens with zero attached hydrogens (tertiary/aromatic N) is 2. The van der Waals surface area contributed by atoms with Crippen molar-refractivity contribution in [3.05, 3.63) is 27.1 Å². The van der Waals surface area contributed by atoms with Gasteiger partial charge in [-0.3, -0.25) is 14.2 Å². The smallest absolute Gasteiger partial charge is 0.262 e. The first kappa shape index (κ1) is 13.3. The summed E-state index contributed by atoms with van der Waals surface area (Å²) in [6.07, 6.45) is 4.57. The summed E-state index contributed by atoms with van der Waals surface area (Å²) in [5.41, 5.74) is 1.07. The van der Waals surface area contributed by atoms with E-state index in [-0.39, 0.29) is 18.0 Å². The molecule has 5 nitrogen and oxygen atoms in total. The van der Waals surface area contributed by atoms with Crippen molar-refractivity contribution in [3.8, 4) is 0 Å². The van der Waals surface area contributed by atoms with Gasteiger partial charge in [-0.1, -0.05) is 6.92 Å². The van der Waals surface area contributed by atoms with Crippen LogP contribution in [0.1, 0.15) is 23.8 Å². The second kappa shape index (κ2) is 5.01. The summed E-state index contributed by atoms with van der Waals surface area (Å²) < 4.78 is 1.40. The van der Waals surface area contributed by atoms with Gasteiger partial charge in [0.25, 0.3) is 5.56 Å². The van der Waals surface area contributed by atoms with Crippen LogP contribution >= 0.6 is 11.3 Å². The number of aromatic nitrogens is 2. The van der Waals surface area contributed by atoms with Crippen molar-refractivity contribution in [3.63, 3.8) is 0 Å². The van der Waals surface area contributed by atoms with Gasteiger partial charge in [0, 0.05) is 11.9 Å². The molecule has 0 saturated heterocycles. The highest BCUT2D eigenvalue weighted by atomic mass is 32.1. The number of likely N-dealkylation sites (N-methyl/N-ethyl adjacent to an activating group) is 1. The lowest BCUT2D eigenvalue weighted by Gasteiger charge is -2.17. The minimum atomic E-state index is -0.189. The molecule has 0 aliphatic heterocycles. The van der Waals surface area contributed by atoms with Gasteiger partial charge in [-0.15, -0.1) is 11.3 Å². The van der Waals surface area contributed by atoms with Crippen LogP contribution in [0.25, 0.3) is 10.2 Å². The Kier molecular flexibility index (Phi) is 3.33. The van der Waals surface area contributed by atoms with Crippen molar-refractivity contribution < 1.29 is 4.79 Å². The molecule has 0 radical (unpaired) electrons. The molecule has 6 heteroatoms. The Balaban J connectivity index is 2.13. The number of hydrogen-bond donors (Lipinski definition) is 1. The molecule has 2 aromatic heterocycles. The Morgan fingerprint density at radius 2 is 2.40 bits per heavy atom. The molecular formula is C14H17N3O2S. The Morgan fingerprint density at radius 1 is 1.60 bits per heavy atom. The van der Waals surface area contributed by atoms with Gasteiger partial charge in [0.1, 0.15) is 11.4 Å². The highest BCUT2D eigenvalue weighted by Crippen LogP contribution is 2.35. The maximum absolute atomic E-state index is 12.5. The standard InChI is InChI=1S/C14H17N3O2S/c1-8-3-4-9-10(5-8)20-13-12(9)14(19)17(7-16-13)6-11(18)15-2/h7-8H,3-6H2,1-2H3,(H,15,18). The number of rotatable bonds is 2. The fourth-order valence-corrected chi connectivity index (χ4v) is 4.05. The van der Waals surface area contributed by atoms with Crippen molar-refractivity contribution in [1.29, 1.82) is 0 Å². The summed E-state index contributed by atoms with van der Waals surface area (Å²) in [6.45, 7) is 2.27. The van der Waals surface area contributed by atoms with Gasteiger partial charge in [0.05, 0.1) is 11.7 Å². The first-order valence-corrected chi connectivity index (χ1v) is 7.62. The molecule has 1 amide bonds. The normalized spacial score (nSPS) is 18.0. The first-order chi connectivity index (χ1) is 9.60. The second-order valence-electron chi connectivity index (χ2n) is 5.38. The van der Waals surface area contributed by atoms with E-state index in [0.717, 1.165) is 35.0 Å². The van der Waals surface area contributed by atoms with Crippen molar-refractivity contribution in [2.45, 2.75) is 32.7 Å². The average Bonchev–Trinajstić information content (AvgIpc) is 2.79. The van der Waals surface area contributed by atoms with Crippen LogP contribution in [0.5, 0.6) is 0 Å². The lowest BCUT2D eigenvalue weighted by atomic mass is 9.89. The molecule has 1 unspecified atom stereocenters. The number of fused-ring (bicyclic) bond motifs is 3. The van der Waals surface area contributed by atoms with E-state index in [9.17, 15) is 9.59 Å². The lowest BCUT2D eigenvalue weighted by Crippen LogP contribution is -2.30. The van der Waals surface area contributed by atoms with Crippen molar-refractivity contribution in [2.24, 2.45) is 5.92 Å². The van der Waals surface area contributed by atoms with Crippen LogP contribution in [0.2, 0.25) is 0 Å². The Morgan fingerprint density at radius 3 is 3.15 bits per heavy atom. The van der Waals surface area contributed by atoms with Crippen LogP contribution in [0, 0.1) is 5.92 Å². The largest absolute Gasteiger partial charge is 0.358 e. The van der Waals surface area contributed by atoms with Gasteiger partial charge < -0.3 is 5.32 Å².